The first kappa shape index (κ1) is 15.8. The number of aryl methyl sites for hydroxylation is 1. The third kappa shape index (κ3) is 3.28. The van der Waals surface area contributed by atoms with Crippen molar-refractivity contribution < 1.29 is 5.11 Å². The molecule has 1 aliphatic rings. The van der Waals surface area contributed by atoms with Gasteiger partial charge in [-0.2, -0.15) is 9.61 Å². The summed E-state index contributed by atoms with van der Waals surface area (Å²) in [4.78, 5) is 4.78. The van der Waals surface area contributed by atoms with Gasteiger partial charge in [0.2, 0.25) is 5.65 Å². The van der Waals surface area contributed by atoms with E-state index in [1.165, 1.54) is 0 Å². The molecule has 1 fully saturated rings. The Labute approximate surface area is 146 Å². The van der Waals surface area contributed by atoms with Crippen molar-refractivity contribution in [3.8, 4) is 5.75 Å². The fraction of sp³-hybridized carbons (Fsp3) is 0.389. The van der Waals surface area contributed by atoms with Crippen molar-refractivity contribution >= 4 is 11.3 Å². The number of fused-ring (bicyclic) bond motifs is 1. The zero-order chi connectivity index (χ0) is 17.2. The molecule has 25 heavy (non-hydrogen) atoms. The Morgan fingerprint density at radius 2 is 1.96 bits per heavy atom. The molecular formula is C18H22N6O. The van der Waals surface area contributed by atoms with E-state index in [2.05, 4.69) is 44.2 Å². The number of phenols is 1. The molecule has 1 aliphatic heterocycles. The monoisotopic (exact) mass is 338 g/mol. The molecule has 1 saturated heterocycles. The molecule has 3 aromatic rings. The maximum atomic E-state index is 9.61. The SMILES string of the molecule is CCc1cc(N2CCN(Cc3cccc(O)c3)CC2)c2nncn2n1. The third-order valence-electron chi connectivity index (χ3n) is 4.69. The minimum Gasteiger partial charge on any atom is -0.508 e. The van der Waals surface area contributed by atoms with Crippen molar-refractivity contribution in [2.75, 3.05) is 31.1 Å². The van der Waals surface area contributed by atoms with Crippen LogP contribution in [0, 0.1) is 0 Å². The number of anilines is 1. The highest BCUT2D eigenvalue weighted by Gasteiger charge is 2.21. The summed E-state index contributed by atoms with van der Waals surface area (Å²) < 4.78 is 1.77. The first-order valence-electron chi connectivity index (χ1n) is 8.68. The van der Waals surface area contributed by atoms with Crippen molar-refractivity contribution in [3.63, 3.8) is 0 Å². The zero-order valence-electron chi connectivity index (χ0n) is 14.3. The van der Waals surface area contributed by atoms with Gasteiger partial charge in [0.1, 0.15) is 12.1 Å². The van der Waals surface area contributed by atoms with Crippen LogP contribution >= 0.6 is 0 Å². The molecule has 1 N–H and O–H groups in total. The Morgan fingerprint density at radius 3 is 2.72 bits per heavy atom. The van der Waals surface area contributed by atoms with Gasteiger partial charge >= 0.3 is 0 Å². The van der Waals surface area contributed by atoms with Crippen LogP contribution in [0.3, 0.4) is 0 Å². The van der Waals surface area contributed by atoms with Gasteiger partial charge in [0.25, 0.3) is 0 Å². The van der Waals surface area contributed by atoms with Crippen LogP contribution in [0.4, 0.5) is 5.69 Å². The van der Waals surface area contributed by atoms with E-state index in [-0.39, 0.29) is 0 Å². The van der Waals surface area contributed by atoms with Gasteiger partial charge in [-0.05, 0) is 30.2 Å². The Bertz CT molecular complexity index is 869. The van der Waals surface area contributed by atoms with E-state index in [4.69, 9.17) is 0 Å². The number of piperazine rings is 1. The Hall–Kier alpha value is -2.67. The van der Waals surface area contributed by atoms with E-state index < -0.39 is 0 Å². The molecule has 4 rings (SSSR count). The molecule has 0 atom stereocenters. The number of rotatable bonds is 4. The zero-order valence-corrected chi connectivity index (χ0v) is 14.3. The summed E-state index contributed by atoms with van der Waals surface area (Å²) >= 11 is 0. The normalized spacial score (nSPS) is 15.8. The quantitative estimate of drug-likeness (QED) is 0.781. The lowest BCUT2D eigenvalue weighted by molar-refractivity contribution is 0.249. The summed E-state index contributed by atoms with van der Waals surface area (Å²) in [6, 6.07) is 9.63. The van der Waals surface area contributed by atoms with Crippen molar-refractivity contribution in [1.29, 1.82) is 0 Å². The van der Waals surface area contributed by atoms with Gasteiger partial charge in [0, 0.05) is 32.7 Å². The largest absolute Gasteiger partial charge is 0.508 e. The Balaban J connectivity index is 1.48. The van der Waals surface area contributed by atoms with Gasteiger partial charge in [-0.3, -0.25) is 4.90 Å². The first-order valence-corrected chi connectivity index (χ1v) is 8.68. The summed E-state index contributed by atoms with van der Waals surface area (Å²) in [5, 5.41) is 22.4. The number of aromatic nitrogens is 4. The molecule has 2 aromatic heterocycles. The molecule has 7 nitrogen and oxygen atoms in total. The van der Waals surface area contributed by atoms with Crippen LogP contribution < -0.4 is 4.90 Å². The van der Waals surface area contributed by atoms with Crippen LogP contribution in [-0.4, -0.2) is 56.0 Å². The Kier molecular flexibility index (Phi) is 4.23. The van der Waals surface area contributed by atoms with E-state index in [1.54, 1.807) is 16.9 Å². The standard InChI is InChI=1S/C18H22N6O/c1-2-15-11-17(18-20-19-13-24(18)21-15)23-8-6-22(7-9-23)12-14-4-3-5-16(25)10-14/h3-5,10-11,13,25H,2,6-9,12H2,1H3. The second kappa shape index (κ2) is 6.68. The molecule has 7 heteroatoms. The molecule has 0 unspecified atom stereocenters. The summed E-state index contributed by atoms with van der Waals surface area (Å²) in [7, 11) is 0. The van der Waals surface area contributed by atoms with Crippen LogP contribution in [0.1, 0.15) is 18.2 Å². The van der Waals surface area contributed by atoms with E-state index in [1.807, 2.05) is 12.1 Å². The van der Waals surface area contributed by atoms with Crippen molar-refractivity contribution in [2.24, 2.45) is 0 Å². The van der Waals surface area contributed by atoms with Gasteiger partial charge in [-0.25, -0.2) is 0 Å². The fourth-order valence-corrected chi connectivity index (χ4v) is 3.33. The summed E-state index contributed by atoms with van der Waals surface area (Å²) in [5.74, 6) is 0.328. The van der Waals surface area contributed by atoms with Crippen LogP contribution in [0.5, 0.6) is 5.75 Å². The lowest BCUT2D eigenvalue weighted by atomic mass is 10.2. The fourth-order valence-electron chi connectivity index (χ4n) is 3.33. The van der Waals surface area contributed by atoms with Crippen LogP contribution in [0.2, 0.25) is 0 Å². The maximum absolute atomic E-state index is 9.61. The lowest BCUT2D eigenvalue weighted by Gasteiger charge is -2.36. The summed E-state index contributed by atoms with van der Waals surface area (Å²) in [6.07, 6.45) is 2.55. The second-order valence-electron chi connectivity index (χ2n) is 6.41. The van der Waals surface area contributed by atoms with Crippen molar-refractivity contribution in [3.05, 3.63) is 47.9 Å². The molecule has 3 heterocycles. The van der Waals surface area contributed by atoms with E-state index in [0.717, 1.165) is 61.7 Å². The highest BCUT2D eigenvalue weighted by molar-refractivity contribution is 5.68. The van der Waals surface area contributed by atoms with Crippen molar-refractivity contribution in [1.82, 2.24) is 24.7 Å². The molecule has 0 saturated carbocycles. The molecular weight excluding hydrogens is 316 g/mol. The number of hydrogen-bond donors (Lipinski definition) is 1. The first-order chi connectivity index (χ1) is 12.2. The molecule has 0 radical (unpaired) electrons. The van der Waals surface area contributed by atoms with Crippen molar-refractivity contribution in [2.45, 2.75) is 19.9 Å². The van der Waals surface area contributed by atoms with Gasteiger partial charge in [-0.15, -0.1) is 10.2 Å². The lowest BCUT2D eigenvalue weighted by Crippen LogP contribution is -2.46. The third-order valence-corrected chi connectivity index (χ3v) is 4.69. The van der Waals surface area contributed by atoms with E-state index in [0.29, 0.717) is 5.75 Å². The Morgan fingerprint density at radius 1 is 1.12 bits per heavy atom. The average molecular weight is 338 g/mol. The topological polar surface area (TPSA) is 69.8 Å². The number of hydrogen-bond acceptors (Lipinski definition) is 6. The van der Waals surface area contributed by atoms with Gasteiger partial charge < -0.3 is 10.0 Å². The minimum atomic E-state index is 0.328. The highest BCUT2D eigenvalue weighted by atomic mass is 16.3. The molecule has 1 aromatic carbocycles. The average Bonchev–Trinajstić information content (AvgIpc) is 3.10. The predicted octanol–water partition coefficient (Wildman–Crippen LogP) is 1.71. The smallest absolute Gasteiger partial charge is 0.200 e. The number of benzene rings is 1. The predicted molar refractivity (Wildman–Crippen MR) is 95.8 cm³/mol. The molecule has 0 bridgehead atoms. The number of nitrogens with zero attached hydrogens (tertiary/aromatic N) is 6. The van der Waals surface area contributed by atoms with Crippen LogP contribution in [-0.2, 0) is 13.0 Å². The van der Waals surface area contributed by atoms with Crippen LogP contribution in [0.15, 0.2) is 36.7 Å². The van der Waals surface area contributed by atoms with Gasteiger partial charge in [0.05, 0.1) is 11.4 Å². The molecule has 0 aliphatic carbocycles. The molecule has 0 spiro atoms. The molecule has 0 amide bonds. The van der Waals surface area contributed by atoms with Crippen LogP contribution in [0.25, 0.3) is 5.65 Å². The van der Waals surface area contributed by atoms with E-state index >= 15 is 0 Å². The summed E-state index contributed by atoms with van der Waals surface area (Å²) in [5.41, 5.74) is 4.12. The maximum Gasteiger partial charge on any atom is 0.200 e. The number of phenolic OH excluding ortho intramolecular Hbond substituents is 1. The number of aromatic hydroxyl groups is 1. The molecule has 130 valence electrons. The summed E-state index contributed by atoms with van der Waals surface area (Å²) in [6.45, 7) is 6.79. The van der Waals surface area contributed by atoms with E-state index in [9.17, 15) is 5.11 Å². The second-order valence-corrected chi connectivity index (χ2v) is 6.41. The van der Waals surface area contributed by atoms with Gasteiger partial charge in [0.15, 0.2) is 0 Å². The van der Waals surface area contributed by atoms with Gasteiger partial charge in [-0.1, -0.05) is 19.1 Å². The minimum absolute atomic E-state index is 0.328. The highest BCUT2D eigenvalue weighted by Crippen LogP contribution is 2.23.